The Bertz CT molecular complexity index is 410. The highest BCUT2D eigenvalue weighted by Gasteiger charge is 1.94. The van der Waals surface area contributed by atoms with Crippen molar-refractivity contribution in [1.82, 2.24) is 0 Å². The van der Waals surface area contributed by atoms with Gasteiger partial charge in [0, 0.05) is 18.0 Å². The summed E-state index contributed by atoms with van der Waals surface area (Å²) in [5.74, 6) is -0.957. The molecule has 0 aliphatic heterocycles. The third kappa shape index (κ3) is 7.06. The molecule has 0 bridgehead atoms. The van der Waals surface area contributed by atoms with E-state index < -0.39 is 5.97 Å². The molecule has 0 heterocycles. The van der Waals surface area contributed by atoms with Gasteiger partial charge in [-0.2, -0.15) is 0 Å². The van der Waals surface area contributed by atoms with E-state index in [1.54, 1.807) is 13.1 Å². The molecule has 0 amide bonds. The molecule has 0 unspecified atom stereocenters. The van der Waals surface area contributed by atoms with E-state index in [0.717, 1.165) is 22.9 Å². The van der Waals surface area contributed by atoms with Crippen molar-refractivity contribution in [2.75, 3.05) is 0 Å². The molecule has 0 saturated carbocycles. The van der Waals surface area contributed by atoms with Gasteiger partial charge in [-0.25, -0.2) is 4.79 Å². The number of aliphatic carboxylic acids is 1. The van der Waals surface area contributed by atoms with Crippen LogP contribution < -0.4 is 0 Å². The fourth-order valence-electron chi connectivity index (χ4n) is 1.12. The highest BCUT2D eigenvalue weighted by molar-refractivity contribution is 6.00. The van der Waals surface area contributed by atoms with Crippen LogP contribution in [0.4, 0.5) is 0 Å². The first-order chi connectivity index (χ1) is 8.01. The predicted octanol–water partition coefficient (Wildman–Crippen LogP) is 3.51. The molecule has 0 fully saturated rings. The van der Waals surface area contributed by atoms with Gasteiger partial charge < -0.3 is 5.11 Å². The maximum atomic E-state index is 10.3. The number of allylic oxidation sites excluding steroid dienone is 6. The van der Waals surface area contributed by atoms with Gasteiger partial charge in [0.15, 0.2) is 0 Å². The minimum absolute atomic E-state index is 0.794. The second-order valence-corrected chi connectivity index (χ2v) is 3.50. The zero-order valence-corrected chi connectivity index (χ0v) is 10.8. The van der Waals surface area contributed by atoms with E-state index in [0.29, 0.717) is 0 Å². The first-order valence-corrected chi connectivity index (χ1v) is 5.42. The second-order valence-electron chi connectivity index (χ2n) is 3.50. The van der Waals surface area contributed by atoms with E-state index in [2.05, 4.69) is 4.99 Å². The van der Waals surface area contributed by atoms with Crippen LogP contribution in [0.2, 0.25) is 0 Å². The summed E-state index contributed by atoms with van der Waals surface area (Å²) >= 11 is 0. The van der Waals surface area contributed by atoms with Crippen LogP contribution in [0.25, 0.3) is 0 Å². The van der Waals surface area contributed by atoms with Crippen LogP contribution in [0.5, 0.6) is 0 Å². The number of aliphatic imine (C=N–C) groups is 1. The molecule has 0 radical (unpaired) electrons. The molecule has 0 aliphatic carbocycles. The summed E-state index contributed by atoms with van der Waals surface area (Å²) in [7, 11) is 0. The van der Waals surface area contributed by atoms with Gasteiger partial charge in [-0.3, -0.25) is 4.99 Å². The van der Waals surface area contributed by atoms with Gasteiger partial charge >= 0.3 is 5.97 Å². The minimum Gasteiger partial charge on any atom is -0.478 e. The molecule has 0 aliphatic rings. The lowest BCUT2D eigenvalue weighted by molar-refractivity contribution is -0.131. The standard InChI is InChI=1S/C14H19NO2/c1-5-7-13(6-2)12(4)15-10-11(3)8-9-14(16)17/h5-10H,1-4H3,(H,16,17)/b7-5-,9-8+,11-10+,13-6+,15-12+. The maximum Gasteiger partial charge on any atom is 0.328 e. The summed E-state index contributed by atoms with van der Waals surface area (Å²) in [4.78, 5) is 14.6. The number of carboxylic acid groups (broad SMARTS) is 1. The van der Waals surface area contributed by atoms with Crippen molar-refractivity contribution < 1.29 is 9.90 Å². The molecule has 0 aromatic carbocycles. The Morgan fingerprint density at radius 3 is 2.24 bits per heavy atom. The first kappa shape index (κ1) is 15.1. The zero-order chi connectivity index (χ0) is 13.3. The van der Waals surface area contributed by atoms with Crippen molar-refractivity contribution in [2.24, 2.45) is 4.99 Å². The van der Waals surface area contributed by atoms with Gasteiger partial charge in [0.05, 0.1) is 0 Å². The summed E-state index contributed by atoms with van der Waals surface area (Å²) in [5.41, 5.74) is 2.75. The van der Waals surface area contributed by atoms with E-state index >= 15 is 0 Å². The van der Waals surface area contributed by atoms with Gasteiger partial charge in [0.1, 0.15) is 0 Å². The Labute approximate surface area is 103 Å². The quantitative estimate of drug-likeness (QED) is 0.448. The van der Waals surface area contributed by atoms with Gasteiger partial charge in [-0.05, 0) is 38.8 Å². The molecule has 0 aromatic rings. The average molecular weight is 233 g/mol. The zero-order valence-electron chi connectivity index (χ0n) is 10.8. The number of carbonyl (C=O) groups is 1. The largest absolute Gasteiger partial charge is 0.478 e. The van der Waals surface area contributed by atoms with Crippen LogP contribution in [0, 0.1) is 0 Å². The Morgan fingerprint density at radius 1 is 1.12 bits per heavy atom. The van der Waals surface area contributed by atoms with Gasteiger partial charge in [0.25, 0.3) is 0 Å². The smallest absolute Gasteiger partial charge is 0.328 e. The molecule has 0 spiro atoms. The third-order valence-corrected chi connectivity index (χ3v) is 2.03. The van der Waals surface area contributed by atoms with E-state index in [1.807, 2.05) is 39.0 Å². The molecule has 1 N–H and O–H groups in total. The number of hydrogen-bond acceptors (Lipinski definition) is 2. The van der Waals surface area contributed by atoms with Crippen LogP contribution in [0.3, 0.4) is 0 Å². The number of hydrogen-bond donors (Lipinski definition) is 1. The molecular formula is C14H19NO2. The molecular weight excluding hydrogens is 214 g/mol. The van der Waals surface area contributed by atoms with Gasteiger partial charge in [-0.1, -0.05) is 24.3 Å². The number of carboxylic acids is 1. The third-order valence-electron chi connectivity index (χ3n) is 2.03. The van der Waals surface area contributed by atoms with Crippen LogP contribution in [-0.4, -0.2) is 16.8 Å². The summed E-state index contributed by atoms with van der Waals surface area (Å²) in [5, 5.41) is 8.47. The first-order valence-electron chi connectivity index (χ1n) is 5.42. The van der Waals surface area contributed by atoms with Crippen molar-refractivity contribution in [2.45, 2.75) is 27.7 Å². The van der Waals surface area contributed by atoms with Crippen molar-refractivity contribution in [3.05, 3.63) is 47.7 Å². The fraction of sp³-hybridized carbons (Fsp3) is 0.286. The molecule has 0 atom stereocenters. The van der Waals surface area contributed by atoms with Crippen LogP contribution in [0.15, 0.2) is 52.7 Å². The van der Waals surface area contributed by atoms with Crippen LogP contribution >= 0.6 is 0 Å². The predicted molar refractivity (Wildman–Crippen MR) is 72.2 cm³/mol. The lowest BCUT2D eigenvalue weighted by atomic mass is 10.1. The van der Waals surface area contributed by atoms with Crippen LogP contribution in [-0.2, 0) is 4.79 Å². The van der Waals surface area contributed by atoms with E-state index in [-0.39, 0.29) is 0 Å². The van der Waals surface area contributed by atoms with E-state index in [4.69, 9.17) is 5.11 Å². The van der Waals surface area contributed by atoms with Gasteiger partial charge in [-0.15, -0.1) is 0 Å². The molecule has 0 aromatic heterocycles. The topological polar surface area (TPSA) is 49.7 Å². The monoisotopic (exact) mass is 233 g/mol. The minimum atomic E-state index is -0.957. The van der Waals surface area contributed by atoms with E-state index in [1.165, 1.54) is 6.08 Å². The molecule has 92 valence electrons. The maximum absolute atomic E-state index is 10.3. The summed E-state index contributed by atoms with van der Waals surface area (Å²) in [6, 6.07) is 0. The molecule has 0 rings (SSSR count). The van der Waals surface area contributed by atoms with Crippen molar-refractivity contribution >= 4 is 11.7 Å². The SMILES string of the molecule is C\C=C/C(=C\C)C(/C)=N/C=C(C)/C=C/C(=O)O. The Morgan fingerprint density at radius 2 is 1.76 bits per heavy atom. The molecule has 3 heteroatoms. The lowest BCUT2D eigenvalue weighted by Crippen LogP contribution is -1.93. The number of nitrogens with zero attached hydrogens (tertiary/aromatic N) is 1. The van der Waals surface area contributed by atoms with Crippen molar-refractivity contribution in [3.8, 4) is 0 Å². The normalized spacial score (nSPS) is 14.9. The Kier molecular flexibility index (Phi) is 7.35. The van der Waals surface area contributed by atoms with E-state index in [9.17, 15) is 4.79 Å². The van der Waals surface area contributed by atoms with Crippen LogP contribution in [0.1, 0.15) is 27.7 Å². The Balaban J connectivity index is 4.81. The second kappa shape index (κ2) is 8.28. The van der Waals surface area contributed by atoms with Crippen molar-refractivity contribution in [1.29, 1.82) is 0 Å². The highest BCUT2D eigenvalue weighted by Crippen LogP contribution is 2.03. The highest BCUT2D eigenvalue weighted by atomic mass is 16.4. The Hall–Kier alpha value is -1.90. The fourth-order valence-corrected chi connectivity index (χ4v) is 1.12. The summed E-state index contributed by atoms with van der Waals surface area (Å²) in [6.45, 7) is 7.63. The van der Waals surface area contributed by atoms with Gasteiger partial charge in [0.2, 0.25) is 0 Å². The average Bonchev–Trinajstić information content (AvgIpc) is 2.30. The van der Waals surface area contributed by atoms with Crippen molar-refractivity contribution in [3.63, 3.8) is 0 Å². The summed E-state index contributed by atoms with van der Waals surface area (Å²) in [6.07, 6.45) is 10.2. The molecule has 3 nitrogen and oxygen atoms in total. The lowest BCUT2D eigenvalue weighted by Gasteiger charge is -1.98. The molecule has 0 saturated heterocycles. The molecule has 17 heavy (non-hydrogen) atoms. The summed E-state index contributed by atoms with van der Waals surface area (Å²) < 4.78 is 0. The number of rotatable bonds is 5.